The average Bonchev–Trinajstić information content (AvgIpc) is 2.51. The maximum atomic E-state index is 13.6. The Kier molecular flexibility index (Phi) is 5.30. The molecule has 0 bridgehead atoms. The zero-order valence-corrected chi connectivity index (χ0v) is 12.8. The van der Waals surface area contributed by atoms with E-state index in [1.807, 2.05) is 6.07 Å². The minimum Gasteiger partial charge on any atom is -0.490 e. The summed E-state index contributed by atoms with van der Waals surface area (Å²) >= 11 is 0. The second-order valence-electron chi connectivity index (χ2n) is 4.48. The van der Waals surface area contributed by atoms with Crippen molar-refractivity contribution in [2.24, 2.45) is 5.14 Å². The molecule has 2 rings (SSSR count). The smallest absolute Gasteiger partial charge is 0.341 e. The van der Waals surface area contributed by atoms with Crippen LogP contribution in [0.3, 0.4) is 0 Å². The van der Waals surface area contributed by atoms with Crippen molar-refractivity contribution in [3.05, 3.63) is 59.9 Å². The van der Waals surface area contributed by atoms with Crippen LogP contribution in [0.4, 0.5) is 4.39 Å². The third kappa shape index (κ3) is 4.76. The fourth-order valence-corrected chi connectivity index (χ4v) is 2.27. The number of benzene rings is 2. The average molecular weight is 339 g/mol. The number of ether oxygens (including phenoxy) is 2. The predicted octanol–water partition coefficient (Wildman–Crippen LogP) is 1.71. The van der Waals surface area contributed by atoms with E-state index < -0.39 is 27.4 Å². The SMILES string of the molecule is NS(=O)(=O)c1ccc(F)c(C(=O)OCCOc2ccccc2)c1. The summed E-state index contributed by atoms with van der Waals surface area (Å²) in [4.78, 5) is 11.4. The van der Waals surface area contributed by atoms with Gasteiger partial charge in [0.05, 0.1) is 10.5 Å². The highest BCUT2D eigenvalue weighted by Gasteiger charge is 2.17. The van der Waals surface area contributed by atoms with E-state index in [0.717, 1.165) is 18.2 Å². The highest BCUT2D eigenvalue weighted by molar-refractivity contribution is 7.89. The first-order valence-electron chi connectivity index (χ1n) is 6.55. The lowest BCUT2D eigenvalue weighted by Gasteiger charge is -2.08. The van der Waals surface area contributed by atoms with Crippen LogP contribution in [0.5, 0.6) is 5.75 Å². The molecule has 0 aromatic heterocycles. The van der Waals surface area contributed by atoms with Crippen molar-refractivity contribution in [1.82, 2.24) is 0 Å². The lowest BCUT2D eigenvalue weighted by Crippen LogP contribution is -2.16. The Labute approximate surface area is 132 Å². The third-order valence-corrected chi connectivity index (χ3v) is 3.73. The van der Waals surface area contributed by atoms with E-state index >= 15 is 0 Å². The molecule has 2 N–H and O–H groups in total. The van der Waals surface area contributed by atoms with Crippen LogP contribution in [-0.4, -0.2) is 27.6 Å². The number of hydrogen-bond donors (Lipinski definition) is 1. The maximum absolute atomic E-state index is 13.6. The second-order valence-corrected chi connectivity index (χ2v) is 6.05. The van der Waals surface area contributed by atoms with E-state index in [2.05, 4.69) is 0 Å². The molecule has 122 valence electrons. The van der Waals surface area contributed by atoms with Crippen molar-refractivity contribution in [3.63, 3.8) is 0 Å². The van der Waals surface area contributed by atoms with Crippen molar-refractivity contribution in [3.8, 4) is 5.75 Å². The number of nitrogens with two attached hydrogens (primary N) is 1. The van der Waals surface area contributed by atoms with Gasteiger partial charge in [0.15, 0.2) is 0 Å². The predicted molar refractivity (Wildman–Crippen MR) is 80.0 cm³/mol. The normalized spacial score (nSPS) is 11.0. The molecule has 0 amide bonds. The Hall–Kier alpha value is -2.45. The molecule has 0 fully saturated rings. The summed E-state index contributed by atoms with van der Waals surface area (Å²) in [6.07, 6.45) is 0. The minimum atomic E-state index is -4.04. The fraction of sp³-hybridized carbons (Fsp3) is 0.133. The standard InChI is InChI=1S/C15H14FNO5S/c16-14-7-6-12(23(17,19)20)10-13(14)15(18)22-9-8-21-11-4-2-1-3-5-11/h1-7,10H,8-9H2,(H2,17,19,20). The first-order valence-corrected chi connectivity index (χ1v) is 8.10. The molecule has 0 unspecified atom stereocenters. The Morgan fingerprint density at radius 3 is 2.43 bits per heavy atom. The Morgan fingerprint density at radius 2 is 1.78 bits per heavy atom. The number of esters is 1. The molecule has 0 radical (unpaired) electrons. The number of carbonyl (C=O) groups is 1. The molecule has 0 atom stereocenters. The van der Waals surface area contributed by atoms with E-state index in [1.165, 1.54) is 0 Å². The van der Waals surface area contributed by atoms with Crippen LogP contribution in [0, 0.1) is 5.82 Å². The van der Waals surface area contributed by atoms with E-state index in [9.17, 15) is 17.6 Å². The molecule has 8 heteroatoms. The molecule has 0 saturated carbocycles. The first kappa shape index (κ1) is 16.9. The Morgan fingerprint density at radius 1 is 1.09 bits per heavy atom. The van der Waals surface area contributed by atoms with Crippen LogP contribution in [0.1, 0.15) is 10.4 Å². The summed E-state index contributed by atoms with van der Waals surface area (Å²) in [7, 11) is -4.04. The second kappa shape index (κ2) is 7.21. The molecular formula is C15H14FNO5S. The number of rotatable bonds is 6. The van der Waals surface area contributed by atoms with Crippen LogP contribution in [-0.2, 0) is 14.8 Å². The summed E-state index contributed by atoms with van der Waals surface area (Å²) in [5.41, 5.74) is -0.503. The summed E-state index contributed by atoms with van der Waals surface area (Å²) in [6.45, 7) is -0.0426. The molecule has 0 aliphatic carbocycles. The van der Waals surface area contributed by atoms with Gasteiger partial charge < -0.3 is 9.47 Å². The molecule has 0 aliphatic heterocycles. The van der Waals surface area contributed by atoms with Gasteiger partial charge in [-0.15, -0.1) is 0 Å². The molecule has 0 aliphatic rings. The zero-order chi connectivity index (χ0) is 16.9. The summed E-state index contributed by atoms with van der Waals surface area (Å²) in [6, 6.07) is 11.5. The quantitative estimate of drug-likeness (QED) is 0.638. The summed E-state index contributed by atoms with van der Waals surface area (Å²) in [5, 5.41) is 4.94. The van der Waals surface area contributed by atoms with Crippen LogP contribution >= 0.6 is 0 Å². The highest BCUT2D eigenvalue weighted by atomic mass is 32.2. The number of carbonyl (C=O) groups excluding carboxylic acids is 1. The largest absolute Gasteiger partial charge is 0.490 e. The number of halogens is 1. The first-order chi connectivity index (χ1) is 10.9. The Balaban J connectivity index is 1.95. The lowest BCUT2D eigenvalue weighted by molar-refractivity contribution is 0.0445. The zero-order valence-electron chi connectivity index (χ0n) is 11.9. The van der Waals surface area contributed by atoms with Gasteiger partial charge in [0.2, 0.25) is 10.0 Å². The fourth-order valence-electron chi connectivity index (χ4n) is 1.73. The topological polar surface area (TPSA) is 95.7 Å². The van der Waals surface area contributed by atoms with Gasteiger partial charge in [-0.25, -0.2) is 22.7 Å². The molecule has 2 aromatic carbocycles. The van der Waals surface area contributed by atoms with Crippen LogP contribution in [0.15, 0.2) is 53.4 Å². The van der Waals surface area contributed by atoms with Gasteiger partial charge in [-0.3, -0.25) is 0 Å². The van der Waals surface area contributed by atoms with E-state index in [-0.39, 0.29) is 18.1 Å². The Bertz CT molecular complexity index is 793. The van der Waals surface area contributed by atoms with Crippen LogP contribution < -0.4 is 9.88 Å². The van der Waals surface area contributed by atoms with Crippen molar-refractivity contribution < 1.29 is 27.1 Å². The van der Waals surface area contributed by atoms with Crippen molar-refractivity contribution >= 4 is 16.0 Å². The minimum absolute atomic E-state index is 0.0756. The van der Waals surface area contributed by atoms with E-state index in [1.54, 1.807) is 24.3 Å². The van der Waals surface area contributed by atoms with E-state index in [0.29, 0.717) is 5.75 Å². The number of primary sulfonamides is 1. The number of para-hydroxylation sites is 1. The van der Waals surface area contributed by atoms with Gasteiger partial charge in [-0.1, -0.05) is 18.2 Å². The van der Waals surface area contributed by atoms with Gasteiger partial charge in [0.25, 0.3) is 0 Å². The summed E-state index contributed by atoms with van der Waals surface area (Å²) in [5.74, 6) is -1.29. The van der Waals surface area contributed by atoms with Gasteiger partial charge >= 0.3 is 5.97 Å². The third-order valence-electron chi connectivity index (χ3n) is 2.81. The van der Waals surface area contributed by atoms with Gasteiger partial charge in [-0.05, 0) is 30.3 Å². The molecule has 0 saturated heterocycles. The molecule has 6 nitrogen and oxygen atoms in total. The molecule has 0 heterocycles. The van der Waals surface area contributed by atoms with Crippen molar-refractivity contribution in [1.29, 1.82) is 0 Å². The molecular weight excluding hydrogens is 325 g/mol. The van der Waals surface area contributed by atoms with Crippen molar-refractivity contribution in [2.45, 2.75) is 4.90 Å². The summed E-state index contributed by atoms with van der Waals surface area (Å²) < 4.78 is 46.2. The van der Waals surface area contributed by atoms with Crippen LogP contribution in [0.2, 0.25) is 0 Å². The monoisotopic (exact) mass is 339 g/mol. The number of hydrogen-bond acceptors (Lipinski definition) is 5. The van der Waals surface area contributed by atoms with E-state index in [4.69, 9.17) is 14.6 Å². The van der Waals surface area contributed by atoms with Gasteiger partial charge in [0.1, 0.15) is 24.8 Å². The van der Waals surface area contributed by atoms with Crippen LogP contribution in [0.25, 0.3) is 0 Å². The number of sulfonamides is 1. The molecule has 0 spiro atoms. The lowest BCUT2D eigenvalue weighted by atomic mass is 10.2. The molecule has 2 aromatic rings. The van der Waals surface area contributed by atoms with Gasteiger partial charge in [-0.2, -0.15) is 0 Å². The van der Waals surface area contributed by atoms with Gasteiger partial charge in [0, 0.05) is 0 Å². The van der Waals surface area contributed by atoms with Crippen molar-refractivity contribution in [2.75, 3.05) is 13.2 Å². The highest BCUT2D eigenvalue weighted by Crippen LogP contribution is 2.15. The maximum Gasteiger partial charge on any atom is 0.341 e. The molecule has 23 heavy (non-hydrogen) atoms.